The second-order valence-corrected chi connectivity index (χ2v) is 5.27. The highest BCUT2D eigenvalue weighted by Crippen LogP contribution is 2.24. The molecular formula is C14H21N3O2. The molecule has 0 amide bonds. The smallest absolute Gasteiger partial charge is 0.303 e. The fraction of sp³-hybridized carbons (Fsp3) is 0.643. The average Bonchev–Trinajstić information content (AvgIpc) is 2.42. The summed E-state index contributed by atoms with van der Waals surface area (Å²) in [5, 5.41) is 12.0. The summed E-state index contributed by atoms with van der Waals surface area (Å²) < 4.78 is 0. The number of hydrogen-bond donors (Lipinski definition) is 2. The third-order valence-corrected chi connectivity index (χ3v) is 3.59. The zero-order valence-corrected chi connectivity index (χ0v) is 11.4. The van der Waals surface area contributed by atoms with Crippen molar-refractivity contribution in [3.63, 3.8) is 0 Å². The van der Waals surface area contributed by atoms with Gasteiger partial charge in [0.05, 0.1) is 0 Å². The Morgan fingerprint density at radius 3 is 3.00 bits per heavy atom. The van der Waals surface area contributed by atoms with E-state index < -0.39 is 5.97 Å². The van der Waals surface area contributed by atoms with Gasteiger partial charge in [0.25, 0.3) is 0 Å². The van der Waals surface area contributed by atoms with Crippen molar-refractivity contribution in [3.8, 4) is 0 Å². The van der Waals surface area contributed by atoms with Gasteiger partial charge in [-0.25, -0.2) is 9.97 Å². The molecule has 1 aliphatic rings. The van der Waals surface area contributed by atoms with Crippen LogP contribution in [-0.2, 0) is 17.6 Å². The van der Waals surface area contributed by atoms with Crippen LogP contribution in [0.4, 0.5) is 5.82 Å². The van der Waals surface area contributed by atoms with E-state index in [0.29, 0.717) is 12.3 Å². The molecular weight excluding hydrogens is 242 g/mol. The molecule has 1 aromatic heterocycles. The van der Waals surface area contributed by atoms with Crippen molar-refractivity contribution in [1.82, 2.24) is 9.97 Å². The van der Waals surface area contributed by atoms with Gasteiger partial charge in [-0.3, -0.25) is 4.79 Å². The molecule has 0 spiro atoms. The maximum absolute atomic E-state index is 10.5. The monoisotopic (exact) mass is 263 g/mol. The van der Waals surface area contributed by atoms with Gasteiger partial charge in [-0.05, 0) is 38.0 Å². The van der Waals surface area contributed by atoms with E-state index in [9.17, 15) is 4.79 Å². The molecule has 5 nitrogen and oxygen atoms in total. The van der Waals surface area contributed by atoms with Crippen LogP contribution in [0.3, 0.4) is 0 Å². The largest absolute Gasteiger partial charge is 0.481 e. The third-order valence-electron chi connectivity index (χ3n) is 3.59. The van der Waals surface area contributed by atoms with Crippen LogP contribution in [0.15, 0.2) is 6.33 Å². The SMILES string of the molecule is CC(CCC(=O)O)CNc1ncnc2c1CCCC2. The number of carboxylic acid groups (broad SMARTS) is 1. The van der Waals surface area contributed by atoms with E-state index in [1.807, 2.05) is 0 Å². The van der Waals surface area contributed by atoms with Crippen LogP contribution in [-0.4, -0.2) is 27.6 Å². The van der Waals surface area contributed by atoms with E-state index in [-0.39, 0.29) is 6.42 Å². The highest BCUT2D eigenvalue weighted by molar-refractivity contribution is 5.66. The second-order valence-electron chi connectivity index (χ2n) is 5.27. The van der Waals surface area contributed by atoms with Crippen molar-refractivity contribution >= 4 is 11.8 Å². The van der Waals surface area contributed by atoms with Gasteiger partial charge in [0, 0.05) is 24.2 Å². The minimum Gasteiger partial charge on any atom is -0.481 e. The van der Waals surface area contributed by atoms with Crippen LogP contribution in [0.2, 0.25) is 0 Å². The lowest BCUT2D eigenvalue weighted by molar-refractivity contribution is -0.137. The Labute approximate surface area is 113 Å². The molecule has 1 atom stereocenters. The lowest BCUT2D eigenvalue weighted by atomic mass is 9.96. The number of aryl methyl sites for hydroxylation is 1. The van der Waals surface area contributed by atoms with Gasteiger partial charge in [-0.15, -0.1) is 0 Å². The number of carbonyl (C=O) groups is 1. The van der Waals surface area contributed by atoms with Gasteiger partial charge >= 0.3 is 5.97 Å². The van der Waals surface area contributed by atoms with Gasteiger partial charge in [0.1, 0.15) is 12.1 Å². The number of carboxylic acids is 1. The van der Waals surface area contributed by atoms with Gasteiger partial charge in [0.2, 0.25) is 0 Å². The summed E-state index contributed by atoms with van der Waals surface area (Å²) in [4.78, 5) is 19.2. The van der Waals surface area contributed by atoms with Crippen LogP contribution in [0.25, 0.3) is 0 Å². The van der Waals surface area contributed by atoms with E-state index >= 15 is 0 Å². The van der Waals surface area contributed by atoms with Gasteiger partial charge in [0.15, 0.2) is 0 Å². The molecule has 1 aliphatic carbocycles. The van der Waals surface area contributed by atoms with Crippen molar-refractivity contribution in [1.29, 1.82) is 0 Å². The van der Waals surface area contributed by atoms with Gasteiger partial charge < -0.3 is 10.4 Å². The molecule has 5 heteroatoms. The summed E-state index contributed by atoms with van der Waals surface area (Å²) >= 11 is 0. The minimum absolute atomic E-state index is 0.227. The van der Waals surface area contributed by atoms with E-state index in [2.05, 4.69) is 22.2 Å². The number of anilines is 1. The molecule has 0 saturated heterocycles. The molecule has 0 bridgehead atoms. The Balaban J connectivity index is 1.90. The zero-order chi connectivity index (χ0) is 13.7. The van der Waals surface area contributed by atoms with E-state index in [4.69, 9.17) is 5.11 Å². The summed E-state index contributed by atoms with van der Waals surface area (Å²) in [5.41, 5.74) is 2.42. The first-order chi connectivity index (χ1) is 9.16. The molecule has 0 saturated carbocycles. The average molecular weight is 263 g/mol. The fourth-order valence-corrected chi connectivity index (χ4v) is 2.42. The molecule has 1 aromatic rings. The Hall–Kier alpha value is -1.65. The van der Waals surface area contributed by atoms with Gasteiger partial charge in [-0.2, -0.15) is 0 Å². The first-order valence-electron chi connectivity index (χ1n) is 6.95. The van der Waals surface area contributed by atoms with Crippen molar-refractivity contribution in [2.24, 2.45) is 5.92 Å². The number of aromatic nitrogens is 2. The molecule has 0 radical (unpaired) electrons. The van der Waals surface area contributed by atoms with Crippen LogP contribution in [0.5, 0.6) is 0 Å². The summed E-state index contributed by atoms with van der Waals surface area (Å²) in [6.45, 7) is 2.82. The molecule has 1 heterocycles. The molecule has 2 rings (SSSR count). The van der Waals surface area contributed by atoms with Crippen molar-refractivity contribution in [2.45, 2.75) is 45.4 Å². The lowest BCUT2D eigenvalue weighted by Gasteiger charge is -2.19. The summed E-state index contributed by atoms with van der Waals surface area (Å²) in [7, 11) is 0. The van der Waals surface area contributed by atoms with E-state index in [1.54, 1.807) is 6.33 Å². The summed E-state index contributed by atoms with van der Waals surface area (Å²) in [5.74, 6) is 0.531. The van der Waals surface area contributed by atoms with E-state index in [0.717, 1.165) is 25.2 Å². The summed E-state index contributed by atoms with van der Waals surface area (Å²) in [6, 6.07) is 0. The number of rotatable bonds is 6. The van der Waals surface area contributed by atoms with Crippen LogP contribution >= 0.6 is 0 Å². The van der Waals surface area contributed by atoms with Crippen molar-refractivity contribution in [2.75, 3.05) is 11.9 Å². The quantitative estimate of drug-likeness (QED) is 0.823. The Bertz CT molecular complexity index is 448. The predicted octanol–water partition coefficient (Wildman–Crippen LogP) is 2.27. The zero-order valence-electron chi connectivity index (χ0n) is 11.4. The first kappa shape index (κ1) is 13.8. The standard InChI is InChI=1S/C14H21N3O2/c1-10(6-7-13(18)19)8-15-14-11-4-2-3-5-12(11)16-9-17-14/h9-10H,2-8H2,1H3,(H,18,19)(H,15,16,17). The van der Waals surface area contributed by atoms with E-state index in [1.165, 1.54) is 24.1 Å². The molecule has 0 aliphatic heterocycles. The molecule has 0 fully saturated rings. The van der Waals surface area contributed by atoms with Crippen molar-refractivity contribution in [3.05, 3.63) is 17.6 Å². The number of aliphatic carboxylic acids is 1. The molecule has 19 heavy (non-hydrogen) atoms. The highest BCUT2D eigenvalue weighted by Gasteiger charge is 2.15. The summed E-state index contributed by atoms with van der Waals surface area (Å²) in [6.07, 6.45) is 7.03. The third kappa shape index (κ3) is 3.91. The molecule has 0 aromatic carbocycles. The lowest BCUT2D eigenvalue weighted by Crippen LogP contribution is -2.17. The molecule has 104 valence electrons. The number of nitrogens with one attached hydrogen (secondary N) is 1. The topological polar surface area (TPSA) is 75.1 Å². The number of hydrogen-bond acceptors (Lipinski definition) is 4. The Morgan fingerprint density at radius 2 is 2.21 bits per heavy atom. The highest BCUT2D eigenvalue weighted by atomic mass is 16.4. The van der Waals surface area contributed by atoms with Gasteiger partial charge in [-0.1, -0.05) is 6.92 Å². The van der Waals surface area contributed by atoms with Crippen LogP contribution < -0.4 is 5.32 Å². The first-order valence-corrected chi connectivity index (χ1v) is 6.95. The normalized spacial score (nSPS) is 15.6. The number of nitrogens with zero attached hydrogens (tertiary/aromatic N) is 2. The maximum Gasteiger partial charge on any atom is 0.303 e. The molecule has 2 N–H and O–H groups in total. The van der Waals surface area contributed by atoms with Crippen molar-refractivity contribution < 1.29 is 9.90 Å². The Morgan fingerprint density at radius 1 is 1.42 bits per heavy atom. The Kier molecular flexibility index (Phi) is 4.71. The number of fused-ring (bicyclic) bond motifs is 1. The predicted molar refractivity (Wildman–Crippen MR) is 73.2 cm³/mol. The minimum atomic E-state index is -0.730. The fourth-order valence-electron chi connectivity index (χ4n) is 2.42. The maximum atomic E-state index is 10.5. The molecule has 1 unspecified atom stereocenters. The van der Waals surface area contributed by atoms with Crippen LogP contribution in [0, 0.1) is 5.92 Å². The second kappa shape index (κ2) is 6.50. The van der Waals surface area contributed by atoms with Crippen LogP contribution in [0.1, 0.15) is 43.9 Å².